The van der Waals surface area contributed by atoms with E-state index in [2.05, 4.69) is 34.7 Å². The second-order valence-corrected chi connectivity index (χ2v) is 9.16. The Bertz CT molecular complexity index is 1210. The number of likely N-dealkylation sites (tertiary alicyclic amines) is 1. The summed E-state index contributed by atoms with van der Waals surface area (Å²) < 4.78 is 0. The maximum Gasteiger partial charge on any atom is 0.318 e. The molecule has 5 heteroatoms. The molecule has 0 radical (unpaired) electrons. The Morgan fingerprint density at radius 3 is 1.49 bits per heavy atom. The highest BCUT2D eigenvalue weighted by Gasteiger charge is 2.24. The number of carbonyl (C=O) groups excluding carboxylic acids is 1. The number of rotatable bonds is 7. The van der Waals surface area contributed by atoms with Gasteiger partial charge in [0.1, 0.15) is 0 Å². The van der Waals surface area contributed by atoms with E-state index in [1.807, 2.05) is 102 Å². The molecule has 1 fully saturated rings. The third-order valence-electron chi connectivity index (χ3n) is 6.65. The van der Waals surface area contributed by atoms with Crippen molar-refractivity contribution >= 4 is 11.7 Å². The molecule has 5 rings (SSSR count). The second-order valence-electron chi connectivity index (χ2n) is 9.16. The minimum Gasteiger partial charge on any atom is -0.383 e. The molecule has 0 aliphatic carbocycles. The Kier molecular flexibility index (Phi) is 7.91. The van der Waals surface area contributed by atoms with E-state index in [1.54, 1.807) is 0 Å². The molecule has 0 atom stereocenters. The van der Waals surface area contributed by atoms with Gasteiger partial charge in [0.25, 0.3) is 0 Å². The molecule has 1 saturated heterocycles. The van der Waals surface area contributed by atoms with E-state index in [9.17, 15) is 4.79 Å². The fraction of sp³-hybridized carbons (Fsp3) is 0.188. The quantitative estimate of drug-likeness (QED) is 0.292. The van der Waals surface area contributed by atoms with Crippen LogP contribution >= 0.6 is 0 Å². The molecule has 4 aromatic carbocycles. The number of oxime groups is 1. The zero-order valence-corrected chi connectivity index (χ0v) is 20.7. The van der Waals surface area contributed by atoms with Crippen LogP contribution in [0.2, 0.25) is 0 Å². The van der Waals surface area contributed by atoms with Crippen molar-refractivity contribution in [2.75, 3.05) is 13.1 Å². The fourth-order valence-electron chi connectivity index (χ4n) is 4.62. The Morgan fingerprint density at radius 2 is 1.05 bits per heavy atom. The summed E-state index contributed by atoms with van der Waals surface area (Å²) in [6.07, 6.45) is 1.10. The van der Waals surface area contributed by atoms with Gasteiger partial charge in [-0.25, -0.2) is 4.79 Å². The molecule has 186 valence electrons. The number of nitrogens with one attached hydrogen (secondary N) is 1. The largest absolute Gasteiger partial charge is 0.383 e. The lowest BCUT2D eigenvalue weighted by Gasteiger charge is -2.30. The number of hydrogen-bond acceptors (Lipinski definition) is 3. The second kappa shape index (κ2) is 12.0. The van der Waals surface area contributed by atoms with Gasteiger partial charge in [0.15, 0.2) is 6.10 Å². The lowest BCUT2D eigenvalue weighted by Crippen LogP contribution is -2.46. The van der Waals surface area contributed by atoms with Gasteiger partial charge < -0.3 is 15.1 Å². The van der Waals surface area contributed by atoms with E-state index in [4.69, 9.17) is 4.84 Å². The van der Waals surface area contributed by atoms with Crippen LogP contribution in [0.25, 0.3) is 0 Å². The minimum atomic E-state index is -0.270. The Morgan fingerprint density at radius 1 is 0.649 bits per heavy atom. The third-order valence-corrected chi connectivity index (χ3v) is 6.65. The first-order chi connectivity index (χ1) is 18.3. The van der Waals surface area contributed by atoms with Gasteiger partial charge in [-0.1, -0.05) is 126 Å². The number of carbonyl (C=O) groups is 1. The van der Waals surface area contributed by atoms with Gasteiger partial charge in [0, 0.05) is 25.9 Å². The first kappa shape index (κ1) is 24.3. The van der Waals surface area contributed by atoms with Gasteiger partial charge in [-0.15, -0.1) is 0 Å². The van der Waals surface area contributed by atoms with Crippen molar-refractivity contribution in [1.29, 1.82) is 0 Å². The zero-order valence-electron chi connectivity index (χ0n) is 20.7. The topological polar surface area (TPSA) is 53.9 Å². The zero-order chi connectivity index (χ0) is 25.3. The summed E-state index contributed by atoms with van der Waals surface area (Å²) in [6, 6.07) is 40.2. The Labute approximate surface area is 218 Å². The summed E-state index contributed by atoms with van der Waals surface area (Å²) in [6.45, 7) is 1.21. The summed E-state index contributed by atoms with van der Waals surface area (Å²) in [7, 11) is 0. The molecular formula is C32H31N3O2. The van der Waals surface area contributed by atoms with E-state index in [0.29, 0.717) is 25.9 Å². The molecule has 37 heavy (non-hydrogen) atoms. The van der Waals surface area contributed by atoms with Gasteiger partial charge in [-0.3, -0.25) is 0 Å². The summed E-state index contributed by atoms with van der Waals surface area (Å²) in [5.41, 5.74) is 5.21. The van der Waals surface area contributed by atoms with Crippen molar-refractivity contribution in [2.24, 2.45) is 5.16 Å². The minimum absolute atomic E-state index is 0.0656. The van der Waals surface area contributed by atoms with Crippen LogP contribution in [0.1, 0.15) is 47.2 Å². The predicted molar refractivity (Wildman–Crippen MR) is 147 cm³/mol. The summed E-state index contributed by atoms with van der Waals surface area (Å²) in [5, 5.41) is 7.79. The van der Waals surface area contributed by atoms with Crippen LogP contribution in [0.15, 0.2) is 126 Å². The SMILES string of the molecule is O=C(NC(c1ccccc1)c1ccccc1)N1CCC(=NOC(c2ccccc2)c2ccccc2)CC1. The van der Waals surface area contributed by atoms with Crippen LogP contribution in [0.4, 0.5) is 4.79 Å². The molecule has 0 aromatic heterocycles. The standard InChI is InChI=1S/C32H31N3O2/c36-32(33-30(25-13-5-1-6-14-25)26-15-7-2-8-16-26)35-23-21-29(22-24-35)34-37-31(27-17-9-3-10-18-27)28-19-11-4-12-20-28/h1-20,30-31H,21-24H2,(H,33,36). The van der Waals surface area contributed by atoms with Crippen LogP contribution in [0, 0.1) is 0 Å². The van der Waals surface area contributed by atoms with E-state index >= 15 is 0 Å². The number of nitrogens with zero attached hydrogens (tertiary/aromatic N) is 2. The number of hydrogen-bond donors (Lipinski definition) is 1. The van der Waals surface area contributed by atoms with E-state index in [-0.39, 0.29) is 18.2 Å². The van der Waals surface area contributed by atoms with Crippen molar-refractivity contribution in [3.05, 3.63) is 144 Å². The van der Waals surface area contributed by atoms with Gasteiger partial charge >= 0.3 is 6.03 Å². The van der Waals surface area contributed by atoms with Crippen LogP contribution in [-0.2, 0) is 4.84 Å². The highest BCUT2D eigenvalue weighted by Crippen LogP contribution is 2.27. The smallest absolute Gasteiger partial charge is 0.318 e. The number of piperidine rings is 1. The summed E-state index contributed by atoms with van der Waals surface area (Å²) in [4.78, 5) is 21.2. The molecule has 0 unspecified atom stereocenters. The molecule has 2 amide bonds. The van der Waals surface area contributed by atoms with Crippen LogP contribution in [0.3, 0.4) is 0 Å². The molecular weight excluding hydrogens is 458 g/mol. The molecule has 1 N–H and O–H groups in total. The average molecular weight is 490 g/mol. The maximum atomic E-state index is 13.2. The van der Waals surface area contributed by atoms with Crippen molar-refractivity contribution < 1.29 is 9.63 Å². The third kappa shape index (κ3) is 6.25. The monoisotopic (exact) mass is 489 g/mol. The number of amides is 2. The first-order valence-electron chi connectivity index (χ1n) is 12.7. The lowest BCUT2D eigenvalue weighted by atomic mass is 9.99. The number of benzene rings is 4. The maximum absolute atomic E-state index is 13.2. The van der Waals surface area contributed by atoms with Gasteiger partial charge in [-0.2, -0.15) is 0 Å². The Hall–Kier alpha value is -4.38. The van der Waals surface area contributed by atoms with Crippen LogP contribution in [0.5, 0.6) is 0 Å². The Balaban J connectivity index is 1.23. The molecule has 1 heterocycles. The van der Waals surface area contributed by atoms with Crippen LogP contribution < -0.4 is 5.32 Å². The molecule has 1 aliphatic rings. The summed E-state index contributed by atoms with van der Waals surface area (Å²) >= 11 is 0. The lowest BCUT2D eigenvalue weighted by molar-refractivity contribution is 0.0853. The first-order valence-corrected chi connectivity index (χ1v) is 12.7. The molecule has 0 spiro atoms. The van der Waals surface area contributed by atoms with E-state index in [1.165, 1.54) is 0 Å². The number of urea groups is 1. The van der Waals surface area contributed by atoms with E-state index in [0.717, 1.165) is 28.0 Å². The molecule has 1 aliphatic heterocycles. The van der Waals surface area contributed by atoms with Crippen LogP contribution in [-0.4, -0.2) is 29.7 Å². The predicted octanol–water partition coefficient (Wildman–Crippen LogP) is 6.74. The van der Waals surface area contributed by atoms with Crippen molar-refractivity contribution in [3.8, 4) is 0 Å². The molecule has 5 nitrogen and oxygen atoms in total. The van der Waals surface area contributed by atoms with Crippen molar-refractivity contribution in [3.63, 3.8) is 0 Å². The highest BCUT2D eigenvalue weighted by atomic mass is 16.6. The van der Waals surface area contributed by atoms with Crippen molar-refractivity contribution in [1.82, 2.24) is 10.2 Å². The average Bonchev–Trinajstić information content (AvgIpc) is 2.98. The van der Waals surface area contributed by atoms with Crippen molar-refractivity contribution in [2.45, 2.75) is 25.0 Å². The normalized spacial score (nSPS) is 13.5. The molecule has 0 saturated carbocycles. The van der Waals surface area contributed by atoms with E-state index < -0.39 is 0 Å². The van der Waals surface area contributed by atoms with Gasteiger partial charge in [0.05, 0.1) is 11.8 Å². The van der Waals surface area contributed by atoms with Gasteiger partial charge in [-0.05, 0) is 22.3 Å². The molecule has 0 bridgehead atoms. The fourth-order valence-corrected chi connectivity index (χ4v) is 4.62. The highest BCUT2D eigenvalue weighted by molar-refractivity contribution is 5.87. The summed E-state index contributed by atoms with van der Waals surface area (Å²) in [5.74, 6) is 0. The van der Waals surface area contributed by atoms with Gasteiger partial charge in [0.2, 0.25) is 0 Å². The molecule has 4 aromatic rings.